The molecule has 0 rings (SSSR count). The van der Waals surface area contributed by atoms with Crippen LogP contribution in [0.3, 0.4) is 0 Å². The second kappa shape index (κ2) is 15.0. The van der Waals surface area contributed by atoms with Crippen molar-refractivity contribution in [2.45, 2.75) is 71.1 Å². The van der Waals surface area contributed by atoms with Crippen molar-refractivity contribution in [3.8, 4) is 11.8 Å². The van der Waals surface area contributed by atoms with Crippen molar-refractivity contribution in [3.05, 3.63) is 0 Å². The molecule has 0 heterocycles. The Hall–Kier alpha value is -1.01. The van der Waals surface area contributed by atoms with Gasteiger partial charge in [0.05, 0.1) is 6.54 Å². The van der Waals surface area contributed by atoms with Crippen LogP contribution in [0.2, 0.25) is 0 Å². The molecule has 0 atom stereocenters. The zero-order valence-corrected chi connectivity index (χ0v) is 12.3. The zero-order valence-electron chi connectivity index (χ0n) is 12.3. The van der Waals surface area contributed by atoms with Gasteiger partial charge in [-0.05, 0) is 26.3 Å². The summed E-state index contributed by atoms with van der Waals surface area (Å²) >= 11 is 0. The number of rotatable bonds is 13. The fraction of sp³-hybridized carbons (Fsp3) is 0.812. The maximum Gasteiger partial charge on any atom is 0.317 e. The molecule has 0 unspecified atom stereocenters. The number of carboxylic acid groups (broad SMARTS) is 1. The quantitative estimate of drug-likeness (QED) is 0.396. The Morgan fingerprint density at radius 2 is 1.47 bits per heavy atom. The van der Waals surface area contributed by atoms with E-state index in [1.807, 2.05) is 6.92 Å². The van der Waals surface area contributed by atoms with Gasteiger partial charge in [0.15, 0.2) is 0 Å². The van der Waals surface area contributed by atoms with Crippen molar-refractivity contribution in [2.24, 2.45) is 0 Å². The van der Waals surface area contributed by atoms with Gasteiger partial charge in [-0.3, -0.25) is 4.79 Å². The maximum atomic E-state index is 10.2. The molecule has 3 heteroatoms. The minimum Gasteiger partial charge on any atom is -0.480 e. The van der Waals surface area contributed by atoms with Crippen molar-refractivity contribution < 1.29 is 9.90 Å². The Kier molecular flexibility index (Phi) is 14.2. The molecule has 0 bridgehead atoms. The van der Waals surface area contributed by atoms with E-state index in [9.17, 15) is 4.79 Å². The third-order valence-corrected chi connectivity index (χ3v) is 3.11. The molecule has 2 N–H and O–H groups in total. The average Bonchev–Trinajstić information content (AvgIpc) is 2.39. The summed E-state index contributed by atoms with van der Waals surface area (Å²) in [7, 11) is 0. The summed E-state index contributed by atoms with van der Waals surface area (Å²) in [5, 5.41) is 11.3. The highest BCUT2D eigenvalue weighted by molar-refractivity contribution is 5.68. The highest BCUT2D eigenvalue weighted by Gasteiger charge is 1.95. The van der Waals surface area contributed by atoms with Gasteiger partial charge in [0.1, 0.15) is 0 Å². The maximum absolute atomic E-state index is 10.2. The second-order valence-corrected chi connectivity index (χ2v) is 4.93. The van der Waals surface area contributed by atoms with Crippen LogP contribution in [0.1, 0.15) is 71.1 Å². The highest BCUT2D eigenvalue weighted by atomic mass is 16.4. The molecule has 0 saturated carbocycles. The smallest absolute Gasteiger partial charge is 0.317 e. The van der Waals surface area contributed by atoms with E-state index in [1.54, 1.807) is 0 Å². The first-order valence-corrected chi connectivity index (χ1v) is 7.59. The molecule has 0 aromatic carbocycles. The van der Waals surface area contributed by atoms with Gasteiger partial charge >= 0.3 is 5.97 Å². The predicted molar refractivity (Wildman–Crippen MR) is 80.1 cm³/mol. The predicted octanol–water partition coefficient (Wildman–Crippen LogP) is 3.58. The van der Waals surface area contributed by atoms with Gasteiger partial charge in [-0.2, -0.15) is 0 Å². The molecule has 19 heavy (non-hydrogen) atoms. The third kappa shape index (κ3) is 17.0. The molecule has 0 saturated heterocycles. The molecular weight excluding hydrogens is 238 g/mol. The summed E-state index contributed by atoms with van der Waals surface area (Å²) in [6.45, 7) is 2.81. The highest BCUT2D eigenvalue weighted by Crippen LogP contribution is 2.10. The van der Waals surface area contributed by atoms with Crippen LogP contribution in [0, 0.1) is 11.8 Å². The van der Waals surface area contributed by atoms with Crippen molar-refractivity contribution in [3.63, 3.8) is 0 Å². The van der Waals surface area contributed by atoms with E-state index in [0.29, 0.717) is 0 Å². The molecule has 0 radical (unpaired) electrons. The largest absolute Gasteiger partial charge is 0.480 e. The van der Waals surface area contributed by atoms with E-state index in [2.05, 4.69) is 17.2 Å². The van der Waals surface area contributed by atoms with Gasteiger partial charge in [0.25, 0.3) is 0 Å². The Morgan fingerprint density at radius 3 is 2.00 bits per heavy atom. The summed E-state index contributed by atoms with van der Waals surface area (Å²) < 4.78 is 0. The van der Waals surface area contributed by atoms with Gasteiger partial charge < -0.3 is 10.4 Å². The molecule has 3 nitrogen and oxygen atoms in total. The molecule has 0 aromatic rings. The summed E-state index contributed by atoms with van der Waals surface area (Å²) in [6, 6.07) is 0. The summed E-state index contributed by atoms with van der Waals surface area (Å²) in [4.78, 5) is 10.2. The number of carboxylic acids is 1. The van der Waals surface area contributed by atoms with Crippen LogP contribution < -0.4 is 5.32 Å². The van der Waals surface area contributed by atoms with Gasteiger partial charge in [-0.25, -0.2) is 0 Å². The van der Waals surface area contributed by atoms with Crippen LogP contribution in [0.5, 0.6) is 0 Å². The van der Waals surface area contributed by atoms with E-state index >= 15 is 0 Å². The lowest BCUT2D eigenvalue weighted by molar-refractivity contribution is -0.135. The molecule has 0 aliphatic carbocycles. The molecule has 0 aromatic heterocycles. The van der Waals surface area contributed by atoms with Gasteiger partial charge in [-0.1, -0.05) is 44.9 Å². The lowest BCUT2D eigenvalue weighted by Gasteiger charge is -2.03. The van der Waals surface area contributed by atoms with Gasteiger partial charge in [-0.15, -0.1) is 11.8 Å². The number of aliphatic carboxylic acids is 1. The fourth-order valence-electron chi connectivity index (χ4n) is 2.02. The summed E-state index contributed by atoms with van der Waals surface area (Å²) in [5.74, 6) is 5.25. The Labute approximate surface area is 118 Å². The third-order valence-electron chi connectivity index (χ3n) is 3.11. The molecule has 0 amide bonds. The van der Waals surface area contributed by atoms with Crippen LogP contribution in [0.15, 0.2) is 0 Å². The minimum atomic E-state index is -0.773. The summed E-state index contributed by atoms with van der Waals surface area (Å²) in [5.41, 5.74) is 0. The molecular formula is C16H29NO2. The van der Waals surface area contributed by atoms with E-state index in [0.717, 1.165) is 19.4 Å². The zero-order chi connectivity index (χ0) is 14.2. The first kappa shape index (κ1) is 18.0. The standard InChI is InChI=1S/C16H29NO2/c1-2-3-4-5-6-7-8-9-10-11-12-13-14-17-15-16(18)19/h17H,4-15H2,1H3,(H,18,19). The molecule has 0 aliphatic rings. The Bertz CT molecular complexity index is 266. The molecule has 0 fully saturated rings. The van der Waals surface area contributed by atoms with E-state index in [1.165, 1.54) is 51.4 Å². The van der Waals surface area contributed by atoms with E-state index in [4.69, 9.17) is 5.11 Å². The van der Waals surface area contributed by atoms with E-state index < -0.39 is 5.97 Å². The van der Waals surface area contributed by atoms with Crippen LogP contribution in [-0.2, 0) is 4.79 Å². The molecule has 0 spiro atoms. The van der Waals surface area contributed by atoms with Crippen molar-refractivity contribution in [2.75, 3.05) is 13.1 Å². The number of carbonyl (C=O) groups is 1. The topological polar surface area (TPSA) is 49.3 Å². The SMILES string of the molecule is CC#CCCCCCCCCCCCNCC(=O)O. The van der Waals surface area contributed by atoms with Crippen LogP contribution >= 0.6 is 0 Å². The monoisotopic (exact) mass is 267 g/mol. The first-order valence-electron chi connectivity index (χ1n) is 7.59. The normalized spacial score (nSPS) is 9.95. The van der Waals surface area contributed by atoms with Crippen molar-refractivity contribution in [1.29, 1.82) is 0 Å². The van der Waals surface area contributed by atoms with Crippen molar-refractivity contribution in [1.82, 2.24) is 5.32 Å². The lowest BCUT2D eigenvalue weighted by Crippen LogP contribution is -2.23. The molecule has 0 aliphatic heterocycles. The number of hydrogen-bond acceptors (Lipinski definition) is 2. The number of nitrogens with one attached hydrogen (secondary N) is 1. The fourth-order valence-corrected chi connectivity index (χ4v) is 2.02. The first-order chi connectivity index (χ1) is 9.27. The van der Waals surface area contributed by atoms with E-state index in [-0.39, 0.29) is 6.54 Å². The van der Waals surface area contributed by atoms with Gasteiger partial charge in [0, 0.05) is 6.42 Å². The second-order valence-electron chi connectivity index (χ2n) is 4.93. The average molecular weight is 267 g/mol. The van der Waals surface area contributed by atoms with Crippen LogP contribution in [0.4, 0.5) is 0 Å². The lowest BCUT2D eigenvalue weighted by atomic mass is 10.1. The van der Waals surface area contributed by atoms with Crippen molar-refractivity contribution >= 4 is 5.97 Å². The summed E-state index contributed by atoms with van der Waals surface area (Å²) in [6.07, 6.45) is 12.5. The van der Waals surface area contributed by atoms with Crippen LogP contribution in [0.25, 0.3) is 0 Å². The van der Waals surface area contributed by atoms with Crippen LogP contribution in [-0.4, -0.2) is 24.2 Å². The number of unbranched alkanes of at least 4 members (excludes halogenated alkanes) is 9. The Balaban J connectivity index is 2.98. The number of hydrogen-bond donors (Lipinski definition) is 2. The Morgan fingerprint density at radius 1 is 0.947 bits per heavy atom. The molecule has 110 valence electrons. The van der Waals surface area contributed by atoms with Gasteiger partial charge in [0.2, 0.25) is 0 Å². The minimum absolute atomic E-state index is 0.0857.